The van der Waals surface area contributed by atoms with Crippen LogP contribution in [-0.4, -0.2) is 155 Å². The number of rotatable bonds is 12. The van der Waals surface area contributed by atoms with Gasteiger partial charge in [-0.2, -0.15) is 0 Å². The Kier molecular flexibility index (Phi) is 24.5. The number of hydrogen-bond acceptors (Lipinski definition) is 9. The van der Waals surface area contributed by atoms with Crippen LogP contribution in [0.1, 0.15) is 142 Å². The molecule has 1 aliphatic rings. The van der Waals surface area contributed by atoms with Crippen LogP contribution in [0.4, 0.5) is 0 Å². The molecule has 0 aromatic rings. The zero-order chi connectivity index (χ0) is 51.9. The minimum atomic E-state index is -1.15. The lowest BCUT2D eigenvalue weighted by Gasteiger charge is -2.38. The molecular weight excluding hydrogens is 859 g/mol. The summed E-state index contributed by atoms with van der Waals surface area (Å²) in [5, 5.41) is 13.9. The lowest BCUT2D eigenvalue weighted by atomic mass is 9.94. The Balaban J connectivity index is 4.07. The van der Waals surface area contributed by atoms with Crippen LogP contribution in [0.2, 0.25) is 0 Å². The molecule has 1 aliphatic heterocycles. The van der Waals surface area contributed by atoms with Crippen molar-refractivity contribution in [2.45, 2.75) is 197 Å². The van der Waals surface area contributed by atoms with E-state index in [9.17, 15) is 43.2 Å². The second-order valence-electron chi connectivity index (χ2n) is 21.1. The van der Waals surface area contributed by atoms with Gasteiger partial charge < -0.3 is 46.2 Å². The highest BCUT2D eigenvalue weighted by Crippen LogP contribution is 2.22. The van der Waals surface area contributed by atoms with Crippen molar-refractivity contribution in [2.24, 2.45) is 35.5 Å². The third kappa shape index (κ3) is 18.0. The molecule has 384 valence electrons. The lowest BCUT2D eigenvalue weighted by molar-refractivity contribution is -0.151. The average Bonchev–Trinajstić information content (AvgIpc) is 3.22. The van der Waals surface area contributed by atoms with E-state index in [1.54, 1.807) is 0 Å². The average molecular weight is 948 g/mol. The summed E-state index contributed by atoms with van der Waals surface area (Å²) in [5.41, 5.74) is 0. The number of likely N-dealkylation sites (N-methyl/N-ethyl adjacent to an activating group) is 4. The van der Waals surface area contributed by atoms with Crippen molar-refractivity contribution in [3.05, 3.63) is 0 Å². The maximum Gasteiger partial charge on any atom is 0.246 e. The SMILES string of the molecule is CCC(C)C1C(=O)N(C)C(CC(C)C)C(=O)NC(C)C(=O)NC(CC(C)C)C(=O)N(C)C(CC(C)C)C(=O)NC(C)C(=O)NC(CC(C)C)C(=O)N(C)C(CC(C)C)C(=O)NC(C)C(=O)N1C. The summed E-state index contributed by atoms with van der Waals surface area (Å²) in [6.07, 6.45) is 1.57. The van der Waals surface area contributed by atoms with Crippen LogP contribution >= 0.6 is 0 Å². The van der Waals surface area contributed by atoms with Gasteiger partial charge in [0.15, 0.2) is 0 Å². The molecule has 10 atom stereocenters. The highest BCUT2D eigenvalue weighted by Gasteiger charge is 2.41. The van der Waals surface area contributed by atoms with E-state index >= 15 is 0 Å². The minimum Gasteiger partial charge on any atom is -0.343 e. The van der Waals surface area contributed by atoms with Gasteiger partial charge in [0.2, 0.25) is 53.2 Å². The molecule has 0 spiro atoms. The van der Waals surface area contributed by atoms with Gasteiger partial charge in [0.05, 0.1) is 0 Å². The molecule has 0 radical (unpaired) electrons. The Morgan fingerprint density at radius 3 is 0.940 bits per heavy atom. The molecule has 18 heteroatoms. The second kappa shape index (κ2) is 27.3. The minimum absolute atomic E-state index is 0.0709. The van der Waals surface area contributed by atoms with E-state index in [4.69, 9.17) is 0 Å². The first-order valence-electron chi connectivity index (χ1n) is 24.5. The van der Waals surface area contributed by atoms with Crippen LogP contribution in [0.3, 0.4) is 0 Å². The zero-order valence-electron chi connectivity index (χ0n) is 44.4. The van der Waals surface area contributed by atoms with Crippen LogP contribution in [0.25, 0.3) is 0 Å². The molecule has 1 heterocycles. The maximum atomic E-state index is 14.6. The van der Waals surface area contributed by atoms with E-state index in [0.717, 1.165) is 0 Å². The molecule has 18 nitrogen and oxygen atoms in total. The van der Waals surface area contributed by atoms with Crippen molar-refractivity contribution in [1.29, 1.82) is 0 Å². The topological polar surface area (TPSA) is 227 Å². The number of hydrogen-bond donors (Lipinski definition) is 5. The monoisotopic (exact) mass is 948 g/mol. The Labute approximate surface area is 401 Å². The fourth-order valence-electron chi connectivity index (χ4n) is 8.38. The molecule has 9 amide bonds. The van der Waals surface area contributed by atoms with Gasteiger partial charge in [-0.3, -0.25) is 43.2 Å². The molecule has 1 saturated heterocycles. The largest absolute Gasteiger partial charge is 0.343 e. The van der Waals surface area contributed by atoms with E-state index in [0.29, 0.717) is 6.42 Å². The highest BCUT2D eigenvalue weighted by molar-refractivity contribution is 5.99. The van der Waals surface area contributed by atoms with Crippen molar-refractivity contribution < 1.29 is 43.2 Å². The normalized spacial score (nSPS) is 27.7. The standard InChI is InChI=1S/C49H89N9O9/c1-20-31(12)40-49(67)57(18)39(25-30(10)11)44(62)51-33(14)42(60)53-35(21-26(2)3)47(65)55(16)37(23-28(6)7)43(61)50-32(13)41(59)54-36(22-27(4)5)48(66)56(17)38(24-29(8)9)45(63)52-34(15)46(64)58(40)19/h26-40H,20-25H2,1-19H3,(H,50,61)(H,51,62)(H,52,63)(H,53,60)(H,54,59). The van der Waals surface area contributed by atoms with Crippen molar-refractivity contribution >= 4 is 53.2 Å². The van der Waals surface area contributed by atoms with Gasteiger partial charge in [0.1, 0.15) is 54.4 Å². The molecule has 1 rings (SSSR count). The number of carbonyl (C=O) groups excluding carboxylic acids is 9. The van der Waals surface area contributed by atoms with Gasteiger partial charge in [0, 0.05) is 28.2 Å². The van der Waals surface area contributed by atoms with Crippen molar-refractivity contribution in [2.75, 3.05) is 28.2 Å². The fourth-order valence-corrected chi connectivity index (χ4v) is 8.38. The summed E-state index contributed by atoms with van der Waals surface area (Å²) >= 11 is 0. The molecule has 0 saturated carbocycles. The Morgan fingerprint density at radius 2 is 0.657 bits per heavy atom. The molecular formula is C49H89N9O9. The lowest BCUT2D eigenvalue weighted by Crippen LogP contribution is -2.61. The first-order chi connectivity index (χ1) is 30.9. The summed E-state index contributed by atoms with van der Waals surface area (Å²) < 4.78 is 0. The van der Waals surface area contributed by atoms with Gasteiger partial charge in [-0.1, -0.05) is 89.5 Å². The smallest absolute Gasteiger partial charge is 0.246 e. The molecule has 0 aromatic carbocycles. The Morgan fingerprint density at radius 1 is 0.373 bits per heavy atom. The van der Waals surface area contributed by atoms with Crippen molar-refractivity contribution in [3.8, 4) is 0 Å². The number of nitrogens with one attached hydrogen (secondary N) is 5. The maximum absolute atomic E-state index is 14.6. The highest BCUT2D eigenvalue weighted by atomic mass is 16.2. The Hall–Kier alpha value is -4.77. The van der Waals surface area contributed by atoms with Gasteiger partial charge in [-0.25, -0.2) is 0 Å². The first kappa shape index (κ1) is 60.2. The molecule has 67 heavy (non-hydrogen) atoms. The second-order valence-corrected chi connectivity index (χ2v) is 21.1. The van der Waals surface area contributed by atoms with Crippen molar-refractivity contribution in [3.63, 3.8) is 0 Å². The summed E-state index contributed by atoms with van der Waals surface area (Å²) in [6.45, 7) is 27.1. The van der Waals surface area contributed by atoms with E-state index in [1.807, 2.05) is 83.1 Å². The summed E-state index contributed by atoms with van der Waals surface area (Å²) in [6, 6.07) is -9.84. The molecule has 10 unspecified atom stereocenters. The van der Waals surface area contributed by atoms with E-state index in [-0.39, 0.29) is 67.6 Å². The van der Waals surface area contributed by atoms with Gasteiger partial charge in [-0.15, -0.1) is 0 Å². The van der Waals surface area contributed by atoms with Crippen LogP contribution in [0.5, 0.6) is 0 Å². The predicted octanol–water partition coefficient (Wildman–Crippen LogP) is 3.07. The van der Waals surface area contributed by atoms with E-state index in [2.05, 4.69) is 26.6 Å². The summed E-state index contributed by atoms with van der Waals surface area (Å²) in [7, 11) is 5.92. The number of amides is 9. The third-order valence-corrected chi connectivity index (χ3v) is 12.5. The Bertz CT molecular complexity index is 1720. The van der Waals surface area contributed by atoms with Crippen LogP contribution < -0.4 is 26.6 Å². The van der Waals surface area contributed by atoms with Crippen LogP contribution in [0.15, 0.2) is 0 Å². The first-order valence-corrected chi connectivity index (χ1v) is 24.5. The summed E-state index contributed by atoms with van der Waals surface area (Å²) in [4.78, 5) is 133. The quantitative estimate of drug-likeness (QED) is 0.194. The fraction of sp³-hybridized carbons (Fsp3) is 0.816. The molecule has 0 aromatic heterocycles. The zero-order valence-corrected chi connectivity index (χ0v) is 44.4. The number of nitrogens with zero attached hydrogens (tertiary/aromatic N) is 4. The third-order valence-electron chi connectivity index (χ3n) is 12.5. The summed E-state index contributed by atoms with van der Waals surface area (Å²) in [5.74, 6) is -6.07. The van der Waals surface area contributed by atoms with Crippen LogP contribution in [-0.2, 0) is 43.2 Å². The van der Waals surface area contributed by atoms with Gasteiger partial charge in [0.25, 0.3) is 0 Å². The number of carbonyl (C=O) groups is 9. The molecule has 0 aliphatic carbocycles. The molecule has 0 bridgehead atoms. The van der Waals surface area contributed by atoms with E-state index in [1.165, 1.54) is 68.6 Å². The molecule has 5 N–H and O–H groups in total. The van der Waals surface area contributed by atoms with Gasteiger partial charge in [-0.05, 0) is 88.4 Å². The van der Waals surface area contributed by atoms with Crippen molar-refractivity contribution in [1.82, 2.24) is 46.2 Å². The van der Waals surface area contributed by atoms with Crippen LogP contribution in [0, 0.1) is 35.5 Å². The van der Waals surface area contributed by atoms with Gasteiger partial charge >= 0.3 is 0 Å². The predicted molar refractivity (Wildman–Crippen MR) is 260 cm³/mol. The molecule has 1 fully saturated rings. The van der Waals surface area contributed by atoms with E-state index < -0.39 is 108 Å².